The summed E-state index contributed by atoms with van der Waals surface area (Å²) in [5, 5.41) is 29.9. The molecule has 1 aromatic carbocycles. The minimum atomic E-state index is -0.274. The van der Waals surface area contributed by atoms with E-state index in [1.165, 1.54) is 0 Å². The second kappa shape index (κ2) is 8.00. The van der Waals surface area contributed by atoms with Gasteiger partial charge in [-0.1, -0.05) is 6.07 Å². The fourth-order valence-corrected chi connectivity index (χ4v) is 4.31. The van der Waals surface area contributed by atoms with E-state index in [-0.39, 0.29) is 11.9 Å². The molecule has 9 heteroatoms. The standard InChI is InChI=1S/C21H21FN6OS/c22-17-11-14(1-2-18(17)27-8-5-16(29)6-9-27)12-23-19-3-4-20-24-25-21(28(20)26-19)15-7-10-30-13-15/h1-4,7,10-11,13,16,29H,5-6,8-9,12H2,(H,23,26). The third-order valence-corrected chi connectivity index (χ3v) is 6.02. The lowest BCUT2D eigenvalue weighted by molar-refractivity contribution is 0.145. The summed E-state index contributed by atoms with van der Waals surface area (Å²) in [6.07, 6.45) is 1.07. The highest BCUT2D eigenvalue weighted by molar-refractivity contribution is 7.08. The van der Waals surface area contributed by atoms with Crippen molar-refractivity contribution >= 4 is 28.5 Å². The predicted molar refractivity (Wildman–Crippen MR) is 115 cm³/mol. The van der Waals surface area contributed by atoms with E-state index in [2.05, 4.69) is 20.6 Å². The van der Waals surface area contributed by atoms with Crippen LogP contribution in [0.3, 0.4) is 0 Å². The highest BCUT2D eigenvalue weighted by atomic mass is 32.1. The maximum atomic E-state index is 14.7. The SMILES string of the molecule is OC1CCN(c2ccc(CNc3ccc4nnc(-c5ccsc5)n4n3)cc2F)CC1. The number of nitrogens with zero attached hydrogens (tertiary/aromatic N) is 5. The molecule has 154 valence electrons. The largest absolute Gasteiger partial charge is 0.393 e. The van der Waals surface area contributed by atoms with Crippen molar-refractivity contribution in [3.05, 3.63) is 58.5 Å². The summed E-state index contributed by atoms with van der Waals surface area (Å²) < 4.78 is 16.4. The first kappa shape index (κ1) is 19.0. The first-order chi connectivity index (χ1) is 14.7. The zero-order valence-electron chi connectivity index (χ0n) is 16.2. The summed E-state index contributed by atoms with van der Waals surface area (Å²) in [6, 6.07) is 11.0. The zero-order chi connectivity index (χ0) is 20.5. The Morgan fingerprint density at radius 3 is 2.77 bits per heavy atom. The van der Waals surface area contributed by atoms with Crippen molar-refractivity contribution in [3.8, 4) is 11.4 Å². The van der Waals surface area contributed by atoms with E-state index in [0.717, 1.165) is 11.1 Å². The molecule has 3 aromatic heterocycles. The number of aromatic nitrogens is 4. The van der Waals surface area contributed by atoms with Gasteiger partial charge in [0.15, 0.2) is 11.5 Å². The number of aliphatic hydroxyl groups excluding tert-OH is 1. The average molecular weight is 425 g/mol. The van der Waals surface area contributed by atoms with Crippen molar-refractivity contribution in [2.24, 2.45) is 0 Å². The molecule has 7 nitrogen and oxygen atoms in total. The first-order valence-electron chi connectivity index (χ1n) is 9.88. The topological polar surface area (TPSA) is 78.6 Å². The molecule has 0 unspecified atom stereocenters. The van der Waals surface area contributed by atoms with Crippen molar-refractivity contribution in [3.63, 3.8) is 0 Å². The van der Waals surface area contributed by atoms with Crippen LogP contribution in [0.1, 0.15) is 18.4 Å². The molecular weight excluding hydrogens is 403 g/mol. The van der Waals surface area contributed by atoms with Crippen LogP contribution in [0.25, 0.3) is 17.0 Å². The van der Waals surface area contributed by atoms with Gasteiger partial charge in [-0.3, -0.25) is 0 Å². The number of halogens is 1. The van der Waals surface area contributed by atoms with E-state index in [1.54, 1.807) is 21.9 Å². The number of rotatable bonds is 5. The third-order valence-electron chi connectivity index (χ3n) is 5.33. The number of nitrogens with one attached hydrogen (secondary N) is 1. The van der Waals surface area contributed by atoms with Gasteiger partial charge in [0.1, 0.15) is 11.6 Å². The molecule has 0 saturated carbocycles. The van der Waals surface area contributed by atoms with Gasteiger partial charge in [0.05, 0.1) is 11.8 Å². The number of fused-ring (bicyclic) bond motifs is 1. The first-order valence-corrected chi connectivity index (χ1v) is 10.8. The Morgan fingerprint density at radius 2 is 2.00 bits per heavy atom. The maximum absolute atomic E-state index is 14.7. The second-order valence-corrected chi connectivity index (χ2v) is 8.16. The lowest BCUT2D eigenvalue weighted by Crippen LogP contribution is -2.36. The van der Waals surface area contributed by atoms with Gasteiger partial charge in [-0.05, 0) is 54.1 Å². The number of anilines is 2. The van der Waals surface area contributed by atoms with Crippen molar-refractivity contribution in [2.45, 2.75) is 25.5 Å². The van der Waals surface area contributed by atoms with E-state index < -0.39 is 0 Å². The van der Waals surface area contributed by atoms with Crippen LogP contribution in [-0.2, 0) is 6.54 Å². The summed E-state index contributed by atoms with van der Waals surface area (Å²) in [7, 11) is 0. The van der Waals surface area contributed by atoms with Crippen molar-refractivity contribution in [2.75, 3.05) is 23.3 Å². The van der Waals surface area contributed by atoms with Crippen LogP contribution in [0.2, 0.25) is 0 Å². The Bertz CT molecular complexity index is 1150. The van der Waals surface area contributed by atoms with Crippen LogP contribution in [0, 0.1) is 5.82 Å². The van der Waals surface area contributed by atoms with Crippen LogP contribution in [-0.4, -0.2) is 44.1 Å². The van der Waals surface area contributed by atoms with Crippen LogP contribution in [0.15, 0.2) is 47.2 Å². The van der Waals surface area contributed by atoms with Gasteiger partial charge in [0.2, 0.25) is 0 Å². The van der Waals surface area contributed by atoms with E-state index in [9.17, 15) is 9.50 Å². The molecule has 4 heterocycles. The zero-order valence-corrected chi connectivity index (χ0v) is 17.0. The molecule has 5 rings (SSSR count). The van der Waals surface area contributed by atoms with Gasteiger partial charge < -0.3 is 15.3 Å². The molecule has 1 saturated heterocycles. The minimum Gasteiger partial charge on any atom is -0.393 e. The van der Waals surface area contributed by atoms with E-state index in [1.807, 2.05) is 46.0 Å². The number of hydrogen-bond donors (Lipinski definition) is 2. The van der Waals surface area contributed by atoms with Crippen molar-refractivity contribution in [1.82, 2.24) is 19.8 Å². The fraction of sp³-hybridized carbons (Fsp3) is 0.286. The van der Waals surface area contributed by atoms with Gasteiger partial charge >= 0.3 is 0 Å². The average Bonchev–Trinajstić information content (AvgIpc) is 3.42. The van der Waals surface area contributed by atoms with Crippen LogP contribution in [0.5, 0.6) is 0 Å². The van der Waals surface area contributed by atoms with Crippen LogP contribution < -0.4 is 10.2 Å². The predicted octanol–water partition coefficient (Wildman–Crippen LogP) is 3.57. The Morgan fingerprint density at radius 1 is 1.13 bits per heavy atom. The maximum Gasteiger partial charge on any atom is 0.186 e. The van der Waals surface area contributed by atoms with Gasteiger partial charge in [-0.2, -0.15) is 15.9 Å². The fourth-order valence-electron chi connectivity index (χ4n) is 3.67. The van der Waals surface area contributed by atoms with Crippen LogP contribution in [0.4, 0.5) is 15.9 Å². The third kappa shape index (κ3) is 3.73. The van der Waals surface area contributed by atoms with Gasteiger partial charge in [0.25, 0.3) is 0 Å². The normalized spacial score (nSPS) is 15.1. The molecule has 1 aliphatic heterocycles. The number of benzene rings is 1. The van der Waals surface area contributed by atoms with Gasteiger partial charge in [-0.15, -0.1) is 15.3 Å². The molecule has 0 radical (unpaired) electrons. The summed E-state index contributed by atoms with van der Waals surface area (Å²) >= 11 is 1.59. The Kier molecular flexibility index (Phi) is 5.06. The molecule has 0 spiro atoms. The molecule has 1 aliphatic rings. The molecule has 30 heavy (non-hydrogen) atoms. The molecule has 0 amide bonds. The summed E-state index contributed by atoms with van der Waals surface area (Å²) in [6.45, 7) is 1.79. The van der Waals surface area contributed by atoms with Gasteiger partial charge in [0, 0.05) is 30.6 Å². The highest BCUT2D eigenvalue weighted by Crippen LogP contribution is 2.25. The molecule has 0 aliphatic carbocycles. The highest BCUT2D eigenvalue weighted by Gasteiger charge is 2.19. The molecule has 1 fully saturated rings. The second-order valence-electron chi connectivity index (χ2n) is 7.38. The summed E-state index contributed by atoms with van der Waals surface area (Å²) in [4.78, 5) is 1.99. The molecule has 4 aromatic rings. The molecule has 0 bridgehead atoms. The smallest absolute Gasteiger partial charge is 0.186 e. The van der Waals surface area contributed by atoms with Crippen molar-refractivity contribution in [1.29, 1.82) is 0 Å². The monoisotopic (exact) mass is 424 g/mol. The van der Waals surface area contributed by atoms with E-state index in [4.69, 9.17) is 0 Å². The number of hydrogen-bond acceptors (Lipinski definition) is 7. The summed E-state index contributed by atoms with van der Waals surface area (Å²) in [5.41, 5.74) is 3.07. The quantitative estimate of drug-likeness (QED) is 0.510. The van der Waals surface area contributed by atoms with E-state index in [0.29, 0.717) is 55.5 Å². The lowest BCUT2D eigenvalue weighted by Gasteiger charge is -2.31. The molecule has 2 N–H and O–H groups in total. The minimum absolute atomic E-state index is 0.243. The number of aliphatic hydroxyl groups is 1. The number of piperidine rings is 1. The molecular formula is C21H21FN6OS. The number of thiophene rings is 1. The Labute approximate surface area is 176 Å². The Balaban J connectivity index is 1.30. The van der Waals surface area contributed by atoms with E-state index >= 15 is 0 Å². The summed E-state index contributed by atoms with van der Waals surface area (Å²) in [5.74, 6) is 1.11. The molecule has 0 atom stereocenters. The van der Waals surface area contributed by atoms with Crippen LogP contribution >= 0.6 is 11.3 Å². The Hall–Kier alpha value is -3.04. The lowest BCUT2D eigenvalue weighted by atomic mass is 10.1. The van der Waals surface area contributed by atoms with Gasteiger partial charge in [-0.25, -0.2) is 4.39 Å². The van der Waals surface area contributed by atoms with Crippen molar-refractivity contribution < 1.29 is 9.50 Å².